The molecule has 21 heavy (non-hydrogen) atoms. The summed E-state index contributed by atoms with van der Waals surface area (Å²) in [6, 6.07) is 4.60. The maximum Gasteiger partial charge on any atom is 0.303 e. The highest BCUT2D eigenvalue weighted by Gasteiger charge is 2.20. The number of ether oxygens (including phenoxy) is 1. The third-order valence-electron chi connectivity index (χ3n) is 3.77. The van der Waals surface area contributed by atoms with Gasteiger partial charge in [-0.15, -0.1) is 0 Å². The minimum absolute atomic E-state index is 0.219. The predicted octanol–water partition coefficient (Wildman–Crippen LogP) is 3.46. The predicted molar refractivity (Wildman–Crippen MR) is 85.8 cm³/mol. The van der Waals surface area contributed by atoms with E-state index in [1.54, 1.807) is 0 Å². The Morgan fingerprint density at radius 2 is 2.24 bits per heavy atom. The molecular formula is C16H22BrNO3. The van der Waals surface area contributed by atoms with E-state index in [1.807, 2.05) is 0 Å². The fourth-order valence-corrected chi connectivity index (χ4v) is 3.19. The van der Waals surface area contributed by atoms with Crippen molar-refractivity contribution in [3.05, 3.63) is 27.7 Å². The third kappa shape index (κ3) is 4.45. The molecule has 0 fully saturated rings. The van der Waals surface area contributed by atoms with E-state index in [1.165, 1.54) is 11.1 Å². The molecule has 0 radical (unpaired) electrons. The highest BCUT2D eigenvalue weighted by atomic mass is 79.9. The summed E-state index contributed by atoms with van der Waals surface area (Å²) >= 11 is 3.56. The molecule has 1 aromatic rings. The highest BCUT2D eigenvalue weighted by molar-refractivity contribution is 9.10. The molecule has 1 heterocycles. The van der Waals surface area contributed by atoms with Crippen molar-refractivity contribution in [2.24, 2.45) is 0 Å². The number of carboxylic acids is 1. The number of nitrogens with zero attached hydrogens (tertiary/aromatic N) is 1. The van der Waals surface area contributed by atoms with Crippen molar-refractivity contribution >= 4 is 21.9 Å². The summed E-state index contributed by atoms with van der Waals surface area (Å²) in [5, 5.41) is 8.77. The molecular weight excluding hydrogens is 334 g/mol. The average Bonchev–Trinajstić information content (AvgIpc) is 2.84. The number of aliphatic carboxylic acids is 1. The second-order valence-corrected chi connectivity index (χ2v) is 6.63. The van der Waals surface area contributed by atoms with E-state index >= 15 is 0 Å². The van der Waals surface area contributed by atoms with Gasteiger partial charge in [-0.2, -0.15) is 0 Å². The van der Waals surface area contributed by atoms with E-state index < -0.39 is 5.97 Å². The molecule has 1 aromatic carbocycles. The maximum absolute atomic E-state index is 10.7. The van der Waals surface area contributed by atoms with E-state index in [4.69, 9.17) is 9.84 Å². The Labute approximate surface area is 134 Å². The van der Waals surface area contributed by atoms with Crippen LogP contribution in [0.2, 0.25) is 0 Å². The van der Waals surface area contributed by atoms with Crippen LogP contribution in [0.25, 0.3) is 0 Å². The minimum Gasteiger partial charge on any atom is -0.493 e. The lowest BCUT2D eigenvalue weighted by Crippen LogP contribution is -2.31. The topological polar surface area (TPSA) is 49.8 Å². The Kier molecular flexibility index (Phi) is 5.65. The molecule has 0 saturated carbocycles. The van der Waals surface area contributed by atoms with E-state index in [9.17, 15) is 4.79 Å². The van der Waals surface area contributed by atoms with Crippen LogP contribution >= 0.6 is 15.9 Å². The first-order valence-corrected chi connectivity index (χ1v) is 8.16. The number of rotatable bonds is 7. The van der Waals surface area contributed by atoms with Crippen LogP contribution in [0.3, 0.4) is 0 Å². The fourth-order valence-electron chi connectivity index (χ4n) is 2.64. The van der Waals surface area contributed by atoms with Crippen molar-refractivity contribution in [3.63, 3.8) is 0 Å². The van der Waals surface area contributed by atoms with Gasteiger partial charge in [0.05, 0.1) is 6.61 Å². The van der Waals surface area contributed by atoms with Crippen LogP contribution in [0.15, 0.2) is 16.6 Å². The van der Waals surface area contributed by atoms with Crippen molar-refractivity contribution < 1.29 is 14.6 Å². The molecule has 0 aliphatic carbocycles. The molecule has 1 aliphatic rings. The number of benzene rings is 1. The van der Waals surface area contributed by atoms with Crippen LogP contribution in [0, 0.1) is 0 Å². The van der Waals surface area contributed by atoms with Crippen molar-refractivity contribution in [1.82, 2.24) is 4.90 Å². The van der Waals surface area contributed by atoms with Crippen molar-refractivity contribution in [2.45, 2.75) is 45.7 Å². The van der Waals surface area contributed by atoms with Crippen molar-refractivity contribution in [1.29, 1.82) is 0 Å². The lowest BCUT2D eigenvalue weighted by molar-refractivity contribution is -0.137. The van der Waals surface area contributed by atoms with E-state index in [2.05, 4.69) is 46.8 Å². The molecule has 0 amide bonds. The van der Waals surface area contributed by atoms with E-state index in [0.29, 0.717) is 12.5 Å². The zero-order valence-corrected chi connectivity index (χ0v) is 14.1. The second kappa shape index (κ2) is 7.27. The SMILES string of the molecule is CC(C)N(CCCC(=O)O)Cc1cc(Br)cc2c1OCC2. The van der Waals surface area contributed by atoms with Gasteiger partial charge in [-0.1, -0.05) is 15.9 Å². The number of hydrogen-bond acceptors (Lipinski definition) is 3. The first-order valence-electron chi connectivity index (χ1n) is 7.37. The molecule has 0 aromatic heterocycles. The van der Waals surface area contributed by atoms with Gasteiger partial charge < -0.3 is 9.84 Å². The summed E-state index contributed by atoms with van der Waals surface area (Å²) in [6.07, 6.45) is 1.85. The molecule has 5 heteroatoms. The standard InChI is InChI=1S/C16H22BrNO3/c1-11(2)18(6-3-4-15(19)20)10-13-9-14(17)8-12-5-7-21-16(12)13/h8-9,11H,3-7,10H2,1-2H3,(H,19,20). The first-order chi connectivity index (χ1) is 9.97. The lowest BCUT2D eigenvalue weighted by atomic mass is 10.1. The molecule has 4 nitrogen and oxygen atoms in total. The first kappa shape index (κ1) is 16.3. The van der Waals surface area contributed by atoms with Gasteiger partial charge in [0, 0.05) is 35.5 Å². The monoisotopic (exact) mass is 355 g/mol. The van der Waals surface area contributed by atoms with E-state index in [0.717, 1.165) is 36.3 Å². The Morgan fingerprint density at radius 3 is 2.90 bits per heavy atom. The summed E-state index contributed by atoms with van der Waals surface area (Å²) in [7, 11) is 0. The quantitative estimate of drug-likeness (QED) is 0.813. The van der Waals surface area contributed by atoms with Gasteiger partial charge in [-0.25, -0.2) is 0 Å². The average molecular weight is 356 g/mol. The van der Waals surface area contributed by atoms with Gasteiger partial charge in [-0.05, 0) is 44.5 Å². The third-order valence-corrected chi connectivity index (χ3v) is 4.22. The number of fused-ring (bicyclic) bond motifs is 1. The summed E-state index contributed by atoms with van der Waals surface area (Å²) in [6.45, 7) is 6.60. The molecule has 0 saturated heterocycles. The van der Waals surface area contributed by atoms with Crippen LogP contribution in [0.4, 0.5) is 0 Å². The zero-order valence-electron chi connectivity index (χ0n) is 12.6. The summed E-state index contributed by atoms with van der Waals surface area (Å²) < 4.78 is 6.85. The Morgan fingerprint density at radius 1 is 1.48 bits per heavy atom. The molecule has 0 bridgehead atoms. The van der Waals surface area contributed by atoms with Gasteiger partial charge in [0.2, 0.25) is 0 Å². The van der Waals surface area contributed by atoms with Crippen molar-refractivity contribution in [2.75, 3.05) is 13.2 Å². The number of halogens is 1. The molecule has 1 aliphatic heterocycles. The van der Waals surface area contributed by atoms with Crippen molar-refractivity contribution in [3.8, 4) is 5.75 Å². The van der Waals surface area contributed by atoms with Gasteiger partial charge in [0.25, 0.3) is 0 Å². The largest absolute Gasteiger partial charge is 0.493 e. The molecule has 0 atom stereocenters. The smallest absolute Gasteiger partial charge is 0.303 e. The molecule has 2 rings (SSSR count). The van der Waals surface area contributed by atoms with Crippen LogP contribution in [-0.4, -0.2) is 35.2 Å². The molecule has 1 N–H and O–H groups in total. The number of hydrogen-bond donors (Lipinski definition) is 1. The van der Waals surface area contributed by atoms with Crippen LogP contribution in [0.1, 0.15) is 37.8 Å². The van der Waals surface area contributed by atoms with Gasteiger partial charge in [0.1, 0.15) is 5.75 Å². The fraction of sp³-hybridized carbons (Fsp3) is 0.562. The molecule has 0 unspecified atom stereocenters. The summed E-state index contributed by atoms with van der Waals surface area (Å²) in [5.74, 6) is 0.285. The summed E-state index contributed by atoms with van der Waals surface area (Å²) in [4.78, 5) is 13.0. The Hall–Kier alpha value is -1.07. The number of carboxylic acid groups (broad SMARTS) is 1. The zero-order chi connectivity index (χ0) is 15.4. The van der Waals surface area contributed by atoms with Crippen LogP contribution < -0.4 is 4.74 Å². The highest BCUT2D eigenvalue weighted by Crippen LogP contribution is 2.34. The minimum atomic E-state index is -0.731. The van der Waals surface area contributed by atoms with Crippen LogP contribution in [-0.2, 0) is 17.8 Å². The molecule has 0 spiro atoms. The van der Waals surface area contributed by atoms with Gasteiger partial charge in [0.15, 0.2) is 0 Å². The normalized spacial score (nSPS) is 13.6. The van der Waals surface area contributed by atoms with E-state index in [-0.39, 0.29) is 6.42 Å². The Balaban J connectivity index is 2.08. The van der Waals surface area contributed by atoms with Gasteiger partial charge in [-0.3, -0.25) is 9.69 Å². The van der Waals surface area contributed by atoms with Crippen LogP contribution in [0.5, 0.6) is 5.75 Å². The van der Waals surface area contributed by atoms with Gasteiger partial charge >= 0.3 is 5.97 Å². The second-order valence-electron chi connectivity index (χ2n) is 5.71. The Bertz CT molecular complexity index is 516. The lowest BCUT2D eigenvalue weighted by Gasteiger charge is -2.27. The summed E-state index contributed by atoms with van der Waals surface area (Å²) in [5.41, 5.74) is 2.44. The maximum atomic E-state index is 10.7. The molecule has 116 valence electrons. The number of carbonyl (C=O) groups is 1.